The maximum Gasteiger partial charge on any atom is 0.126 e. The third kappa shape index (κ3) is 2.69. The number of aromatic nitrogens is 3. The van der Waals surface area contributed by atoms with Crippen LogP contribution in [0, 0.1) is 6.92 Å². The van der Waals surface area contributed by atoms with E-state index in [1.54, 1.807) is 0 Å². The molecule has 2 aliphatic rings. The predicted octanol–water partition coefficient (Wildman–Crippen LogP) is 3.34. The van der Waals surface area contributed by atoms with Crippen LogP contribution in [0.25, 0.3) is 0 Å². The van der Waals surface area contributed by atoms with Crippen LogP contribution in [0.2, 0.25) is 0 Å². The first kappa shape index (κ1) is 14.9. The Kier molecular flexibility index (Phi) is 3.93. The standard InChI is InChI=1S/C19H26N4/c1-14-7-5-11-20-16(14)13-23-12-6-10-18(23)19-21-15-8-3-4-9-17(15)22(19)2/h5,7,11,18H,3-4,6,8-10,12-13H2,1-2H3. The molecule has 3 heterocycles. The molecule has 1 aliphatic carbocycles. The smallest absolute Gasteiger partial charge is 0.126 e. The van der Waals surface area contributed by atoms with E-state index in [1.807, 2.05) is 12.3 Å². The van der Waals surface area contributed by atoms with Crippen LogP contribution < -0.4 is 0 Å². The second kappa shape index (κ2) is 6.08. The van der Waals surface area contributed by atoms with Crippen molar-refractivity contribution in [1.29, 1.82) is 0 Å². The Morgan fingerprint density at radius 2 is 2.09 bits per heavy atom. The van der Waals surface area contributed by atoms with Crippen molar-refractivity contribution in [2.24, 2.45) is 7.05 Å². The lowest BCUT2D eigenvalue weighted by atomic mass is 10.0. The first-order chi connectivity index (χ1) is 11.2. The average Bonchev–Trinajstić information content (AvgIpc) is 3.14. The Hall–Kier alpha value is -1.68. The lowest BCUT2D eigenvalue weighted by Gasteiger charge is -2.24. The SMILES string of the molecule is Cc1cccnc1CN1CCCC1c1nc2c(n1C)CCCC2. The van der Waals surface area contributed by atoms with Crippen LogP contribution in [0.1, 0.15) is 60.2 Å². The molecule has 2 aromatic rings. The lowest BCUT2D eigenvalue weighted by Crippen LogP contribution is -2.26. The van der Waals surface area contributed by atoms with E-state index in [4.69, 9.17) is 4.98 Å². The van der Waals surface area contributed by atoms with E-state index in [0.29, 0.717) is 6.04 Å². The van der Waals surface area contributed by atoms with Crippen molar-refractivity contribution in [2.45, 2.75) is 58.0 Å². The largest absolute Gasteiger partial charge is 0.334 e. The van der Waals surface area contributed by atoms with Crippen molar-refractivity contribution in [3.8, 4) is 0 Å². The molecular weight excluding hydrogens is 284 g/mol. The van der Waals surface area contributed by atoms with Crippen molar-refractivity contribution in [1.82, 2.24) is 19.4 Å². The van der Waals surface area contributed by atoms with Crippen LogP contribution in [0.4, 0.5) is 0 Å². The van der Waals surface area contributed by atoms with Gasteiger partial charge in [-0.05, 0) is 63.6 Å². The van der Waals surface area contributed by atoms with Gasteiger partial charge in [0.1, 0.15) is 5.82 Å². The van der Waals surface area contributed by atoms with Crippen molar-refractivity contribution in [3.05, 3.63) is 46.8 Å². The molecule has 1 unspecified atom stereocenters. The van der Waals surface area contributed by atoms with E-state index in [1.165, 1.54) is 60.6 Å². The maximum atomic E-state index is 5.05. The highest BCUT2D eigenvalue weighted by atomic mass is 15.2. The number of hydrogen-bond donors (Lipinski definition) is 0. The summed E-state index contributed by atoms with van der Waals surface area (Å²) < 4.78 is 2.39. The second-order valence-corrected chi connectivity index (χ2v) is 7.03. The number of fused-ring (bicyclic) bond motifs is 1. The summed E-state index contributed by atoms with van der Waals surface area (Å²) in [6.07, 6.45) is 9.36. The molecule has 0 aromatic carbocycles. The van der Waals surface area contributed by atoms with Crippen molar-refractivity contribution in [3.63, 3.8) is 0 Å². The van der Waals surface area contributed by atoms with Crippen molar-refractivity contribution >= 4 is 0 Å². The summed E-state index contributed by atoms with van der Waals surface area (Å²) in [6.45, 7) is 4.25. The Morgan fingerprint density at radius 3 is 2.91 bits per heavy atom. The number of likely N-dealkylation sites (tertiary alicyclic amines) is 1. The van der Waals surface area contributed by atoms with Gasteiger partial charge in [-0.2, -0.15) is 0 Å². The lowest BCUT2D eigenvalue weighted by molar-refractivity contribution is 0.233. The third-order valence-corrected chi connectivity index (χ3v) is 5.54. The Balaban J connectivity index is 1.61. The fourth-order valence-electron chi connectivity index (χ4n) is 4.19. The Labute approximate surface area is 138 Å². The van der Waals surface area contributed by atoms with Crippen molar-refractivity contribution < 1.29 is 0 Å². The summed E-state index contributed by atoms with van der Waals surface area (Å²) in [5.74, 6) is 1.28. The molecule has 4 heteroatoms. The molecule has 0 radical (unpaired) electrons. The highest BCUT2D eigenvalue weighted by molar-refractivity contribution is 5.23. The summed E-state index contributed by atoms with van der Waals surface area (Å²) in [4.78, 5) is 12.2. The molecule has 0 bridgehead atoms. The quantitative estimate of drug-likeness (QED) is 0.872. The van der Waals surface area contributed by atoms with Gasteiger partial charge in [-0.15, -0.1) is 0 Å². The summed E-state index contributed by atoms with van der Waals surface area (Å²) >= 11 is 0. The predicted molar refractivity (Wildman–Crippen MR) is 91.2 cm³/mol. The van der Waals surface area contributed by atoms with E-state index < -0.39 is 0 Å². The molecule has 122 valence electrons. The monoisotopic (exact) mass is 310 g/mol. The molecule has 23 heavy (non-hydrogen) atoms. The van der Waals surface area contributed by atoms with E-state index in [-0.39, 0.29) is 0 Å². The molecule has 0 N–H and O–H groups in total. The molecule has 1 atom stereocenters. The highest BCUT2D eigenvalue weighted by Crippen LogP contribution is 2.34. The van der Waals surface area contributed by atoms with E-state index in [9.17, 15) is 0 Å². The maximum absolute atomic E-state index is 5.05. The van der Waals surface area contributed by atoms with Crippen LogP contribution in [0.15, 0.2) is 18.3 Å². The Bertz CT molecular complexity index is 703. The summed E-state index contributed by atoms with van der Waals surface area (Å²) in [7, 11) is 2.22. The Morgan fingerprint density at radius 1 is 1.22 bits per heavy atom. The zero-order valence-corrected chi connectivity index (χ0v) is 14.3. The highest BCUT2D eigenvalue weighted by Gasteiger charge is 2.31. The molecule has 4 nitrogen and oxygen atoms in total. The first-order valence-electron chi connectivity index (χ1n) is 8.93. The molecule has 1 fully saturated rings. The van der Waals surface area contributed by atoms with Gasteiger partial charge in [-0.1, -0.05) is 6.07 Å². The minimum atomic E-state index is 0.451. The zero-order chi connectivity index (χ0) is 15.8. The minimum Gasteiger partial charge on any atom is -0.334 e. The normalized spacial score (nSPS) is 21.6. The fraction of sp³-hybridized carbons (Fsp3) is 0.579. The number of pyridine rings is 1. The number of rotatable bonds is 3. The minimum absolute atomic E-state index is 0.451. The van der Waals surface area contributed by atoms with E-state index in [2.05, 4.69) is 34.5 Å². The van der Waals surface area contributed by atoms with Gasteiger partial charge in [0.15, 0.2) is 0 Å². The summed E-state index contributed by atoms with van der Waals surface area (Å²) in [6, 6.07) is 4.63. The van der Waals surface area contributed by atoms with Crippen LogP contribution in [-0.4, -0.2) is 26.0 Å². The molecule has 1 aliphatic heterocycles. The molecule has 2 aromatic heterocycles. The van der Waals surface area contributed by atoms with Crippen LogP contribution in [0.5, 0.6) is 0 Å². The first-order valence-corrected chi connectivity index (χ1v) is 8.93. The fourth-order valence-corrected chi connectivity index (χ4v) is 4.19. The van der Waals surface area contributed by atoms with Gasteiger partial charge >= 0.3 is 0 Å². The van der Waals surface area contributed by atoms with Gasteiger partial charge in [0.05, 0.1) is 17.4 Å². The number of nitrogens with zero attached hydrogens (tertiary/aromatic N) is 4. The number of hydrogen-bond acceptors (Lipinski definition) is 3. The molecule has 1 saturated heterocycles. The topological polar surface area (TPSA) is 34.0 Å². The third-order valence-electron chi connectivity index (χ3n) is 5.54. The molecular formula is C19H26N4. The molecule has 0 amide bonds. The van der Waals surface area contributed by atoms with Gasteiger partial charge in [0, 0.05) is 25.5 Å². The van der Waals surface area contributed by atoms with E-state index >= 15 is 0 Å². The van der Waals surface area contributed by atoms with Crippen LogP contribution >= 0.6 is 0 Å². The summed E-state index contributed by atoms with van der Waals surface area (Å²) in [5, 5.41) is 0. The average molecular weight is 310 g/mol. The summed E-state index contributed by atoms with van der Waals surface area (Å²) in [5.41, 5.74) is 5.33. The van der Waals surface area contributed by atoms with Crippen LogP contribution in [-0.2, 0) is 26.4 Å². The zero-order valence-electron chi connectivity index (χ0n) is 14.3. The van der Waals surface area contributed by atoms with Crippen molar-refractivity contribution in [2.75, 3.05) is 6.54 Å². The van der Waals surface area contributed by atoms with Crippen LogP contribution in [0.3, 0.4) is 0 Å². The van der Waals surface area contributed by atoms with Gasteiger partial charge in [0.2, 0.25) is 0 Å². The van der Waals surface area contributed by atoms with Gasteiger partial charge in [0.25, 0.3) is 0 Å². The number of aryl methyl sites for hydroxylation is 2. The molecule has 0 spiro atoms. The van der Waals surface area contributed by atoms with E-state index in [0.717, 1.165) is 19.5 Å². The van der Waals surface area contributed by atoms with Gasteiger partial charge in [-0.3, -0.25) is 9.88 Å². The molecule has 4 rings (SSSR count). The van der Waals surface area contributed by atoms with Gasteiger partial charge in [-0.25, -0.2) is 4.98 Å². The number of imidazole rings is 1. The molecule has 0 saturated carbocycles. The van der Waals surface area contributed by atoms with Gasteiger partial charge < -0.3 is 4.57 Å². The second-order valence-electron chi connectivity index (χ2n) is 7.03.